The maximum atomic E-state index is 12.8. The molecule has 29 heavy (non-hydrogen) atoms. The van der Waals surface area contributed by atoms with Crippen LogP contribution in [0.1, 0.15) is 46.5 Å². The second-order valence-corrected chi connectivity index (χ2v) is 8.13. The van der Waals surface area contributed by atoms with Crippen molar-refractivity contribution in [3.05, 3.63) is 65.2 Å². The number of nitrogens with zero attached hydrogens (tertiary/aromatic N) is 2. The molecule has 5 heteroatoms. The Bertz CT molecular complexity index is 837. The van der Waals surface area contributed by atoms with E-state index in [2.05, 4.69) is 55.3 Å². The van der Waals surface area contributed by atoms with E-state index in [4.69, 9.17) is 0 Å². The van der Waals surface area contributed by atoms with Gasteiger partial charge in [-0.15, -0.1) is 0 Å². The molecule has 2 aromatic rings. The molecule has 2 aromatic carbocycles. The number of carbonyl (C=O) groups is 2. The van der Waals surface area contributed by atoms with Crippen LogP contribution in [0.5, 0.6) is 0 Å². The highest BCUT2D eigenvalue weighted by Gasteiger charge is 2.22. The molecular formula is C24H31N3O2. The predicted molar refractivity (Wildman–Crippen MR) is 118 cm³/mol. The van der Waals surface area contributed by atoms with Gasteiger partial charge in [-0.25, -0.2) is 0 Å². The lowest BCUT2D eigenvalue weighted by molar-refractivity contribution is 0.0746. The van der Waals surface area contributed by atoms with Crippen LogP contribution in [-0.2, 0) is 0 Å². The van der Waals surface area contributed by atoms with Crippen LogP contribution in [0.25, 0.3) is 0 Å². The molecule has 154 valence electrons. The van der Waals surface area contributed by atoms with Gasteiger partial charge in [-0.3, -0.25) is 9.59 Å². The second kappa shape index (κ2) is 9.59. The van der Waals surface area contributed by atoms with Crippen LogP contribution in [0.3, 0.4) is 0 Å². The van der Waals surface area contributed by atoms with Crippen molar-refractivity contribution in [1.82, 2.24) is 10.2 Å². The monoisotopic (exact) mass is 393 g/mol. The largest absolute Gasteiger partial charge is 0.368 e. The zero-order valence-corrected chi connectivity index (χ0v) is 17.6. The van der Waals surface area contributed by atoms with Gasteiger partial charge in [0.05, 0.1) is 0 Å². The summed E-state index contributed by atoms with van der Waals surface area (Å²) in [6.07, 6.45) is 0.955. The molecule has 1 saturated heterocycles. The molecular weight excluding hydrogens is 362 g/mol. The highest BCUT2D eigenvalue weighted by Crippen LogP contribution is 2.19. The van der Waals surface area contributed by atoms with E-state index in [1.807, 2.05) is 4.90 Å². The summed E-state index contributed by atoms with van der Waals surface area (Å²) in [6, 6.07) is 15.5. The molecule has 1 fully saturated rings. The van der Waals surface area contributed by atoms with Crippen molar-refractivity contribution in [3.8, 4) is 0 Å². The number of rotatable bonds is 6. The van der Waals surface area contributed by atoms with Crippen LogP contribution in [0.4, 0.5) is 5.69 Å². The van der Waals surface area contributed by atoms with Crippen LogP contribution in [-0.4, -0.2) is 49.4 Å². The SMILES string of the molecule is Cc1cccc(N2CCN(C(=O)c3ccc(C(=O)NCCC(C)C)cc3)CC2)c1. The Hall–Kier alpha value is -2.82. The standard InChI is InChI=1S/C24H31N3O2/c1-18(2)11-12-25-23(28)20-7-9-21(10-8-20)24(29)27-15-13-26(14-16-27)22-6-4-5-19(3)17-22/h4-10,17-18H,11-16H2,1-3H3,(H,25,28). The van der Waals surface area contributed by atoms with E-state index >= 15 is 0 Å². The van der Waals surface area contributed by atoms with Gasteiger partial charge in [0, 0.05) is 49.5 Å². The van der Waals surface area contributed by atoms with E-state index in [1.165, 1.54) is 11.3 Å². The van der Waals surface area contributed by atoms with Gasteiger partial charge in [0.15, 0.2) is 0 Å². The minimum absolute atomic E-state index is 0.0284. The molecule has 0 saturated carbocycles. The van der Waals surface area contributed by atoms with Crippen molar-refractivity contribution in [3.63, 3.8) is 0 Å². The number of amides is 2. The average Bonchev–Trinajstić information content (AvgIpc) is 2.73. The van der Waals surface area contributed by atoms with Gasteiger partial charge < -0.3 is 15.1 Å². The Kier molecular flexibility index (Phi) is 6.91. The van der Waals surface area contributed by atoms with Crippen LogP contribution in [0.15, 0.2) is 48.5 Å². The number of carbonyl (C=O) groups excluding carboxylic acids is 2. The first kappa shape index (κ1) is 20.9. The number of hydrogen-bond acceptors (Lipinski definition) is 3. The lowest BCUT2D eigenvalue weighted by atomic mass is 10.1. The topological polar surface area (TPSA) is 52.7 Å². The summed E-state index contributed by atoms with van der Waals surface area (Å²) in [5, 5.41) is 2.93. The van der Waals surface area contributed by atoms with E-state index in [0.717, 1.165) is 19.5 Å². The van der Waals surface area contributed by atoms with E-state index in [0.29, 0.717) is 36.7 Å². The fourth-order valence-corrected chi connectivity index (χ4v) is 3.52. The van der Waals surface area contributed by atoms with E-state index in [9.17, 15) is 9.59 Å². The van der Waals surface area contributed by atoms with Crippen molar-refractivity contribution in [1.29, 1.82) is 0 Å². The lowest BCUT2D eigenvalue weighted by Crippen LogP contribution is -2.48. The Morgan fingerprint density at radius 1 is 0.966 bits per heavy atom. The summed E-state index contributed by atoms with van der Waals surface area (Å²) < 4.78 is 0. The maximum absolute atomic E-state index is 12.8. The number of nitrogens with one attached hydrogen (secondary N) is 1. The molecule has 1 heterocycles. The number of piperazine rings is 1. The van der Waals surface area contributed by atoms with Crippen molar-refractivity contribution < 1.29 is 9.59 Å². The molecule has 0 aliphatic carbocycles. The molecule has 0 bridgehead atoms. The second-order valence-electron chi connectivity index (χ2n) is 8.13. The number of benzene rings is 2. The Labute approximate surface area is 173 Å². The van der Waals surface area contributed by atoms with Gasteiger partial charge in [0.2, 0.25) is 0 Å². The summed E-state index contributed by atoms with van der Waals surface area (Å²) >= 11 is 0. The summed E-state index contributed by atoms with van der Waals surface area (Å²) in [5.74, 6) is 0.499. The Balaban J connectivity index is 1.54. The van der Waals surface area contributed by atoms with Crippen molar-refractivity contribution in [2.45, 2.75) is 27.2 Å². The number of hydrogen-bond donors (Lipinski definition) is 1. The summed E-state index contributed by atoms with van der Waals surface area (Å²) in [7, 11) is 0. The fraction of sp³-hybridized carbons (Fsp3) is 0.417. The number of anilines is 1. The quantitative estimate of drug-likeness (QED) is 0.814. The third-order valence-electron chi connectivity index (χ3n) is 5.33. The van der Waals surface area contributed by atoms with E-state index < -0.39 is 0 Å². The van der Waals surface area contributed by atoms with Crippen LogP contribution in [0, 0.1) is 12.8 Å². The van der Waals surface area contributed by atoms with Crippen molar-refractivity contribution >= 4 is 17.5 Å². The van der Waals surface area contributed by atoms with E-state index in [-0.39, 0.29) is 11.8 Å². The molecule has 1 N–H and O–H groups in total. The summed E-state index contributed by atoms with van der Waals surface area (Å²) in [4.78, 5) is 29.2. The normalized spacial score (nSPS) is 14.2. The maximum Gasteiger partial charge on any atom is 0.253 e. The molecule has 0 radical (unpaired) electrons. The summed E-state index contributed by atoms with van der Waals surface area (Å²) in [6.45, 7) is 10.1. The Morgan fingerprint density at radius 2 is 1.62 bits per heavy atom. The smallest absolute Gasteiger partial charge is 0.253 e. The first-order valence-electron chi connectivity index (χ1n) is 10.4. The van der Waals surface area contributed by atoms with Crippen LogP contribution in [0.2, 0.25) is 0 Å². The molecule has 1 aliphatic heterocycles. The predicted octanol–water partition coefficient (Wildman–Crippen LogP) is 3.73. The van der Waals surface area contributed by atoms with Gasteiger partial charge in [0.25, 0.3) is 11.8 Å². The third-order valence-corrected chi connectivity index (χ3v) is 5.33. The lowest BCUT2D eigenvalue weighted by Gasteiger charge is -2.36. The molecule has 3 rings (SSSR count). The molecule has 0 spiro atoms. The third kappa shape index (κ3) is 5.59. The molecule has 1 aliphatic rings. The molecule has 0 aromatic heterocycles. The molecule has 0 unspecified atom stereocenters. The Morgan fingerprint density at radius 3 is 2.24 bits per heavy atom. The van der Waals surface area contributed by atoms with Gasteiger partial charge in [-0.2, -0.15) is 0 Å². The first-order chi connectivity index (χ1) is 13.9. The van der Waals surface area contributed by atoms with E-state index in [1.54, 1.807) is 24.3 Å². The van der Waals surface area contributed by atoms with Gasteiger partial charge >= 0.3 is 0 Å². The van der Waals surface area contributed by atoms with Gasteiger partial charge in [-0.1, -0.05) is 26.0 Å². The minimum Gasteiger partial charge on any atom is -0.368 e. The average molecular weight is 394 g/mol. The fourth-order valence-electron chi connectivity index (χ4n) is 3.52. The molecule has 2 amide bonds. The van der Waals surface area contributed by atoms with Gasteiger partial charge in [0.1, 0.15) is 0 Å². The molecule has 0 atom stereocenters. The highest BCUT2D eigenvalue weighted by atomic mass is 16.2. The van der Waals surface area contributed by atoms with Gasteiger partial charge in [-0.05, 0) is 61.2 Å². The summed E-state index contributed by atoms with van der Waals surface area (Å²) in [5.41, 5.74) is 3.68. The minimum atomic E-state index is -0.0867. The zero-order chi connectivity index (χ0) is 20.8. The number of aryl methyl sites for hydroxylation is 1. The molecule has 5 nitrogen and oxygen atoms in total. The first-order valence-corrected chi connectivity index (χ1v) is 10.4. The van der Waals surface area contributed by atoms with Crippen molar-refractivity contribution in [2.75, 3.05) is 37.6 Å². The van der Waals surface area contributed by atoms with Crippen LogP contribution >= 0.6 is 0 Å². The zero-order valence-electron chi connectivity index (χ0n) is 17.6. The van der Waals surface area contributed by atoms with Crippen LogP contribution < -0.4 is 10.2 Å². The van der Waals surface area contributed by atoms with Crippen molar-refractivity contribution in [2.24, 2.45) is 5.92 Å². The highest BCUT2D eigenvalue weighted by molar-refractivity contribution is 5.97.